The molecule has 0 amide bonds. The molecule has 59 valence electrons. The van der Waals surface area contributed by atoms with E-state index in [1.54, 1.807) is 0 Å². The van der Waals surface area contributed by atoms with E-state index in [0.29, 0.717) is 11.8 Å². The molecule has 0 N–H and O–H groups in total. The first kappa shape index (κ1) is 7.08. The van der Waals surface area contributed by atoms with Gasteiger partial charge in [0.2, 0.25) is 0 Å². The van der Waals surface area contributed by atoms with Gasteiger partial charge in [0.15, 0.2) is 0 Å². The lowest BCUT2D eigenvalue weighted by Crippen LogP contribution is -2.15. The normalized spacial score (nSPS) is 42.7. The summed E-state index contributed by atoms with van der Waals surface area (Å²) in [5.74, 6) is 3.21. The predicted octanol–water partition coefficient (Wildman–Crippen LogP) is 1.99. The van der Waals surface area contributed by atoms with Crippen LogP contribution in [0.25, 0.3) is 0 Å². The van der Waals surface area contributed by atoms with Crippen LogP contribution in [0.2, 0.25) is 0 Å². The van der Waals surface area contributed by atoms with E-state index < -0.39 is 0 Å². The first-order valence-corrected chi connectivity index (χ1v) is 4.27. The van der Waals surface area contributed by atoms with Crippen LogP contribution in [0, 0.1) is 23.7 Å². The summed E-state index contributed by atoms with van der Waals surface area (Å²) in [7, 11) is 0. The third kappa shape index (κ3) is 0.943. The highest BCUT2D eigenvalue weighted by atomic mass is 16.1. The summed E-state index contributed by atoms with van der Waals surface area (Å²) in [6.07, 6.45) is 6.60. The van der Waals surface area contributed by atoms with E-state index >= 15 is 0 Å². The molecule has 2 saturated carbocycles. The third-order valence-electron chi connectivity index (χ3n) is 3.18. The minimum Gasteiger partial charge on any atom is -0.303 e. The van der Waals surface area contributed by atoms with Crippen molar-refractivity contribution in [3.63, 3.8) is 0 Å². The molecule has 0 aromatic carbocycles. The van der Waals surface area contributed by atoms with Crippen LogP contribution in [0.5, 0.6) is 0 Å². The summed E-state index contributed by atoms with van der Waals surface area (Å²) in [5, 5.41) is 0. The number of carbonyl (C=O) groups is 1. The quantitative estimate of drug-likeness (QED) is 0.433. The summed E-state index contributed by atoms with van der Waals surface area (Å²) in [4.78, 5) is 10.5. The molecule has 2 fully saturated rings. The van der Waals surface area contributed by atoms with Gasteiger partial charge in [-0.2, -0.15) is 0 Å². The van der Waals surface area contributed by atoms with Crippen LogP contribution in [0.3, 0.4) is 0 Å². The maximum absolute atomic E-state index is 10.5. The van der Waals surface area contributed by atoms with Crippen LogP contribution in [-0.2, 0) is 4.79 Å². The van der Waals surface area contributed by atoms with Gasteiger partial charge in [-0.1, -0.05) is 6.08 Å². The highest BCUT2D eigenvalue weighted by Gasteiger charge is 2.44. The first-order chi connectivity index (χ1) is 5.35. The van der Waals surface area contributed by atoms with Crippen molar-refractivity contribution < 1.29 is 4.79 Å². The predicted molar refractivity (Wildman–Crippen MR) is 43.8 cm³/mol. The van der Waals surface area contributed by atoms with E-state index in [0.717, 1.165) is 25.0 Å². The Morgan fingerprint density at radius 2 is 2.27 bits per heavy atom. The molecule has 1 nitrogen and oxygen atoms in total. The molecule has 2 aliphatic carbocycles. The van der Waals surface area contributed by atoms with Crippen molar-refractivity contribution in [2.75, 3.05) is 0 Å². The second-order valence-corrected chi connectivity index (χ2v) is 3.70. The average Bonchev–Trinajstić information content (AvgIpc) is 2.60. The van der Waals surface area contributed by atoms with Crippen molar-refractivity contribution in [3.05, 3.63) is 18.6 Å². The summed E-state index contributed by atoms with van der Waals surface area (Å²) < 4.78 is 0. The van der Waals surface area contributed by atoms with E-state index in [-0.39, 0.29) is 0 Å². The van der Waals surface area contributed by atoms with Crippen LogP contribution < -0.4 is 0 Å². The van der Waals surface area contributed by atoms with Crippen LogP contribution in [-0.4, -0.2) is 6.29 Å². The molecule has 0 aromatic heterocycles. The maximum Gasteiger partial charge on any atom is 0.123 e. The fraction of sp³-hybridized carbons (Fsp3) is 0.600. The van der Waals surface area contributed by atoms with E-state index in [2.05, 4.69) is 12.7 Å². The number of allylic oxidation sites excluding steroid dienone is 1. The van der Waals surface area contributed by atoms with Gasteiger partial charge in [0.25, 0.3) is 0 Å². The van der Waals surface area contributed by atoms with Crippen molar-refractivity contribution in [3.8, 4) is 0 Å². The van der Waals surface area contributed by atoms with Gasteiger partial charge in [-0.3, -0.25) is 0 Å². The Balaban J connectivity index is 2.07. The molecule has 0 aromatic rings. The Labute approximate surface area is 67.5 Å². The molecule has 1 radical (unpaired) electrons. The minimum absolute atomic E-state index is 0.302. The highest BCUT2D eigenvalue weighted by Crippen LogP contribution is 2.52. The average molecular weight is 149 g/mol. The number of aldehydes is 1. The van der Waals surface area contributed by atoms with E-state index in [4.69, 9.17) is 0 Å². The fourth-order valence-corrected chi connectivity index (χ4v) is 2.52. The molecule has 0 heterocycles. The topological polar surface area (TPSA) is 17.1 Å². The highest BCUT2D eigenvalue weighted by molar-refractivity contribution is 5.59. The van der Waals surface area contributed by atoms with Crippen molar-refractivity contribution in [1.29, 1.82) is 0 Å². The fourth-order valence-electron chi connectivity index (χ4n) is 2.52. The standard InChI is InChI=1S/C10H13O/c1-2-7-3-9-4-8(7)5-10(9)6-11/h2,6-8,10H,1,3-5H2. The van der Waals surface area contributed by atoms with Gasteiger partial charge in [0.1, 0.15) is 6.29 Å². The van der Waals surface area contributed by atoms with Gasteiger partial charge in [0, 0.05) is 5.92 Å². The number of fused-ring (bicyclic) bond motifs is 2. The van der Waals surface area contributed by atoms with Gasteiger partial charge in [0.05, 0.1) is 0 Å². The van der Waals surface area contributed by atoms with E-state index in [9.17, 15) is 4.79 Å². The van der Waals surface area contributed by atoms with Crippen molar-refractivity contribution >= 4 is 6.29 Å². The number of carbonyl (C=O) groups excluding carboxylic acids is 1. The molecule has 11 heavy (non-hydrogen) atoms. The second-order valence-electron chi connectivity index (χ2n) is 3.70. The van der Waals surface area contributed by atoms with Crippen molar-refractivity contribution in [2.24, 2.45) is 17.8 Å². The van der Waals surface area contributed by atoms with Crippen LogP contribution in [0.1, 0.15) is 19.3 Å². The first-order valence-electron chi connectivity index (χ1n) is 4.27. The lowest BCUT2D eigenvalue weighted by Gasteiger charge is -2.21. The monoisotopic (exact) mass is 149 g/mol. The Bertz CT molecular complexity index is 165. The molecular weight excluding hydrogens is 136 g/mol. The Morgan fingerprint density at radius 3 is 2.73 bits per heavy atom. The Hall–Kier alpha value is -0.590. The van der Waals surface area contributed by atoms with Gasteiger partial charge < -0.3 is 4.79 Å². The van der Waals surface area contributed by atoms with Gasteiger partial charge in [-0.25, -0.2) is 0 Å². The van der Waals surface area contributed by atoms with Gasteiger partial charge in [-0.05, 0) is 37.0 Å². The summed E-state index contributed by atoms with van der Waals surface area (Å²) in [5.41, 5.74) is 0. The zero-order valence-electron chi connectivity index (χ0n) is 6.62. The molecule has 0 aliphatic heterocycles. The van der Waals surface area contributed by atoms with Crippen molar-refractivity contribution in [2.45, 2.75) is 19.3 Å². The molecular formula is C10H13O. The zero-order valence-corrected chi connectivity index (χ0v) is 6.62. The molecule has 2 rings (SSSR count). The molecule has 0 saturated heterocycles. The molecule has 2 aliphatic rings. The van der Waals surface area contributed by atoms with Crippen LogP contribution in [0.4, 0.5) is 0 Å². The third-order valence-corrected chi connectivity index (χ3v) is 3.18. The molecule has 2 bridgehead atoms. The molecule has 3 atom stereocenters. The van der Waals surface area contributed by atoms with Gasteiger partial charge >= 0.3 is 0 Å². The van der Waals surface area contributed by atoms with Crippen molar-refractivity contribution in [1.82, 2.24) is 0 Å². The minimum atomic E-state index is 0.302. The smallest absolute Gasteiger partial charge is 0.123 e. The van der Waals surface area contributed by atoms with E-state index in [1.807, 2.05) is 0 Å². The number of hydrogen-bond donors (Lipinski definition) is 0. The summed E-state index contributed by atoms with van der Waals surface area (Å²) >= 11 is 0. The Kier molecular flexibility index (Phi) is 1.59. The summed E-state index contributed by atoms with van der Waals surface area (Å²) in [6, 6.07) is 0. The van der Waals surface area contributed by atoms with Crippen LogP contribution in [0.15, 0.2) is 12.7 Å². The lowest BCUT2D eigenvalue weighted by atomic mass is 9.83. The number of hydrogen-bond acceptors (Lipinski definition) is 1. The SMILES string of the molecule is C=CC1C[C]2CC1CC2C=O. The van der Waals surface area contributed by atoms with E-state index in [1.165, 1.54) is 12.3 Å². The largest absolute Gasteiger partial charge is 0.303 e. The summed E-state index contributed by atoms with van der Waals surface area (Å²) in [6.45, 7) is 3.81. The molecule has 3 unspecified atom stereocenters. The molecule has 0 spiro atoms. The Morgan fingerprint density at radius 1 is 1.45 bits per heavy atom. The van der Waals surface area contributed by atoms with Gasteiger partial charge in [-0.15, -0.1) is 6.58 Å². The molecule has 1 heteroatoms. The maximum atomic E-state index is 10.5. The van der Waals surface area contributed by atoms with Crippen LogP contribution >= 0.6 is 0 Å². The zero-order chi connectivity index (χ0) is 7.84. The lowest BCUT2D eigenvalue weighted by molar-refractivity contribution is -0.110. The second kappa shape index (κ2) is 2.47. The number of rotatable bonds is 2.